The van der Waals surface area contributed by atoms with Crippen LogP contribution in [0.4, 0.5) is 5.69 Å². The molecule has 33 heavy (non-hydrogen) atoms. The van der Waals surface area contributed by atoms with Gasteiger partial charge in [-0.05, 0) is 49.1 Å². The van der Waals surface area contributed by atoms with Gasteiger partial charge in [0.05, 0.1) is 5.69 Å². The summed E-state index contributed by atoms with van der Waals surface area (Å²) in [6.45, 7) is 1.70. The van der Waals surface area contributed by atoms with E-state index >= 15 is 0 Å². The second-order valence-corrected chi connectivity index (χ2v) is 9.39. The highest BCUT2D eigenvalue weighted by Gasteiger charge is 2.40. The van der Waals surface area contributed by atoms with Crippen molar-refractivity contribution in [3.05, 3.63) is 48.0 Å². The number of amides is 3. The molecular formula is C24H25N3O5S. The van der Waals surface area contributed by atoms with Crippen molar-refractivity contribution in [2.45, 2.75) is 36.0 Å². The molecule has 1 N–H and O–H groups in total. The first-order chi connectivity index (χ1) is 16.1. The van der Waals surface area contributed by atoms with Crippen LogP contribution < -0.4 is 19.7 Å². The average molecular weight is 468 g/mol. The molecule has 1 atom stereocenters. The Morgan fingerprint density at radius 2 is 1.82 bits per heavy atom. The molecule has 8 nitrogen and oxygen atoms in total. The minimum atomic E-state index is -0.861. The molecule has 0 saturated carbocycles. The maximum absolute atomic E-state index is 13.4. The summed E-state index contributed by atoms with van der Waals surface area (Å²) in [5.74, 6) is 0.532. The van der Waals surface area contributed by atoms with Gasteiger partial charge >= 0.3 is 0 Å². The Balaban J connectivity index is 1.28. The van der Waals surface area contributed by atoms with Gasteiger partial charge in [-0.15, -0.1) is 11.8 Å². The molecule has 2 aromatic carbocycles. The highest BCUT2D eigenvalue weighted by molar-refractivity contribution is 8.01. The van der Waals surface area contributed by atoms with E-state index < -0.39 is 5.25 Å². The summed E-state index contributed by atoms with van der Waals surface area (Å²) < 4.78 is 10.7. The smallest absolute Gasteiger partial charge is 0.250 e. The monoisotopic (exact) mass is 467 g/mol. The fraction of sp³-hybridized carbons (Fsp3) is 0.375. The second-order valence-electron chi connectivity index (χ2n) is 8.24. The molecule has 1 fully saturated rings. The molecule has 1 saturated heterocycles. The van der Waals surface area contributed by atoms with Gasteiger partial charge in [-0.3, -0.25) is 14.4 Å². The number of likely N-dealkylation sites (tertiary alicyclic amines) is 1. The number of piperidine rings is 1. The molecule has 2 aromatic rings. The molecule has 3 amide bonds. The van der Waals surface area contributed by atoms with E-state index in [1.165, 1.54) is 16.7 Å². The minimum absolute atomic E-state index is 0.148. The Kier molecular flexibility index (Phi) is 6.13. The number of para-hydroxylation sites is 1. The van der Waals surface area contributed by atoms with Gasteiger partial charge < -0.3 is 24.6 Å². The molecule has 0 bridgehead atoms. The van der Waals surface area contributed by atoms with Crippen LogP contribution in [0.2, 0.25) is 0 Å². The Bertz CT molecular complexity index is 1090. The van der Waals surface area contributed by atoms with Crippen molar-refractivity contribution in [3.8, 4) is 11.5 Å². The molecule has 172 valence electrons. The number of nitrogens with one attached hydrogen (secondary N) is 1. The number of ether oxygens (including phenoxy) is 2. The molecule has 0 aromatic heterocycles. The number of fused-ring (bicyclic) bond motifs is 2. The highest BCUT2D eigenvalue weighted by atomic mass is 32.2. The summed E-state index contributed by atoms with van der Waals surface area (Å²) in [4.78, 5) is 43.3. The van der Waals surface area contributed by atoms with Crippen molar-refractivity contribution in [1.82, 2.24) is 10.2 Å². The molecule has 0 spiro atoms. The Hall–Kier alpha value is -3.20. The van der Waals surface area contributed by atoms with Gasteiger partial charge in [0.1, 0.15) is 6.54 Å². The van der Waals surface area contributed by atoms with Crippen LogP contribution in [0, 0.1) is 0 Å². The number of rotatable bonds is 5. The molecule has 3 aliphatic rings. The van der Waals surface area contributed by atoms with Gasteiger partial charge in [-0.2, -0.15) is 0 Å². The summed E-state index contributed by atoms with van der Waals surface area (Å²) in [5, 5.41) is 2.00. The number of benzene rings is 2. The highest BCUT2D eigenvalue weighted by Crippen LogP contribution is 2.40. The zero-order valence-electron chi connectivity index (χ0n) is 18.1. The fourth-order valence-corrected chi connectivity index (χ4v) is 5.46. The molecule has 0 unspecified atom stereocenters. The first kappa shape index (κ1) is 21.6. The van der Waals surface area contributed by atoms with E-state index in [9.17, 15) is 14.4 Å². The van der Waals surface area contributed by atoms with Gasteiger partial charge in [-0.25, -0.2) is 0 Å². The van der Waals surface area contributed by atoms with Crippen LogP contribution in [0.3, 0.4) is 0 Å². The maximum Gasteiger partial charge on any atom is 0.250 e. The summed E-state index contributed by atoms with van der Waals surface area (Å²) in [5.41, 5.74) is 1.53. The van der Waals surface area contributed by atoms with Crippen LogP contribution in [0.15, 0.2) is 47.4 Å². The van der Waals surface area contributed by atoms with E-state index in [0.717, 1.165) is 29.7 Å². The number of carbonyl (C=O) groups excluding carboxylic acids is 3. The molecule has 3 aliphatic heterocycles. The van der Waals surface area contributed by atoms with Gasteiger partial charge in [0, 0.05) is 24.5 Å². The quantitative estimate of drug-likeness (QED) is 0.680. The van der Waals surface area contributed by atoms with Crippen LogP contribution in [-0.2, 0) is 20.9 Å². The van der Waals surface area contributed by atoms with Gasteiger partial charge in [0.2, 0.25) is 18.6 Å². The lowest BCUT2D eigenvalue weighted by atomic mass is 10.1. The first-order valence-corrected chi connectivity index (χ1v) is 12.0. The van der Waals surface area contributed by atoms with Crippen molar-refractivity contribution in [1.29, 1.82) is 0 Å². The zero-order chi connectivity index (χ0) is 22.8. The number of thioether (sulfide) groups is 1. The number of anilines is 1. The van der Waals surface area contributed by atoms with Crippen molar-refractivity contribution < 1.29 is 23.9 Å². The van der Waals surface area contributed by atoms with E-state index in [4.69, 9.17) is 9.47 Å². The molecule has 0 radical (unpaired) electrons. The lowest BCUT2D eigenvalue weighted by Gasteiger charge is -2.36. The predicted octanol–water partition coefficient (Wildman–Crippen LogP) is 2.55. The van der Waals surface area contributed by atoms with E-state index in [0.29, 0.717) is 36.8 Å². The van der Waals surface area contributed by atoms with Crippen LogP contribution in [0.1, 0.15) is 24.8 Å². The predicted molar refractivity (Wildman–Crippen MR) is 123 cm³/mol. The van der Waals surface area contributed by atoms with Crippen LogP contribution in [0.25, 0.3) is 0 Å². The Morgan fingerprint density at radius 3 is 2.67 bits per heavy atom. The first-order valence-electron chi connectivity index (χ1n) is 11.1. The van der Waals surface area contributed by atoms with Gasteiger partial charge in [0.25, 0.3) is 5.91 Å². The molecule has 0 aliphatic carbocycles. The SMILES string of the molecule is O=C(CN1C(=O)[C@@H](C(=O)N2CCCCC2)Sc2ccccc21)NCc1ccc2c(c1)OCO2. The number of hydrogen-bond donors (Lipinski definition) is 1. The molecule has 9 heteroatoms. The summed E-state index contributed by atoms with van der Waals surface area (Å²) in [6, 6.07) is 12.9. The van der Waals surface area contributed by atoms with E-state index in [-0.39, 0.29) is 31.1 Å². The van der Waals surface area contributed by atoms with Crippen molar-refractivity contribution in [3.63, 3.8) is 0 Å². The van der Waals surface area contributed by atoms with E-state index in [2.05, 4.69) is 5.32 Å². The summed E-state index contributed by atoms with van der Waals surface area (Å²) in [7, 11) is 0. The lowest BCUT2D eigenvalue weighted by molar-refractivity contribution is -0.135. The number of carbonyl (C=O) groups is 3. The fourth-order valence-electron chi connectivity index (χ4n) is 4.27. The van der Waals surface area contributed by atoms with Crippen molar-refractivity contribution >= 4 is 35.2 Å². The minimum Gasteiger partial charge on any atom is -0.454 e. The summed E-state index contributed by atoms with van der Waals surface area (Å²) >= 11 is 1.28. The number of hydrogen-bond acceptors (Lipinski definition) is 6. The molecule has 3 heterocycles. The standard InChI is InChI=1S/C24H25N3O5S/c28-21(25-13-16-8-9-18-19(12-16)32-15-31-18)14-27-17-6-2-3-7-20(17)33-22(24(27)30)23(29)26-10-4-1-5-11-26/h2-3,6-9,12,22H,1,4-5,10-11,13-15H2,(H,25,28)/t22-/m1/s1. The average Bonchev–Trinajstić information content (AvgIpc) is 3.32. The normalized spacial score (nSPS) is 19.3. The third kappa shape index (κ3) is 4.50. The third-order valence-electron chi connectivity index (χ3n) is 6.01. The van der Waals surface area contributed by atoms with Crippen LogP contribution in [0.5, 0.6) is 11.5 Å². The topological polar surface area (TPSA) is 88.2 Å². The molecular weight excluding hydrogens is 442 g/mol. The second kappa shape index (κ2) is 9.35. The Labute approximate surface area is 196 Å². The lowest BCUT2D eigenvalue weighted by Crippen LogP contribution is -2.52. The number of nitrogens with zero attached hydrogens (tertiary/aromatic N) is 2. The van der Waals surface area contributed by atoms with E-state index in [1.54, 1.807) is 4.90 Å². The largest absolute Gasteiger partial charge is 0.454 e. The van der Waals surface area contributed by atoms with E-state index in [1.807, 2.05) is 42.5 Å². The Morgan fingerprint density at radius 1 is 1.03 bits per heavy atom. The molecule has 5 rings (SSSR count). The van der Waals surface area contributed by atoms with Gasteiger partial charge in [-0.1, -0.05) is 18.2 Å². The zero-order valence-corrected chi connectivity index (χ0v) is 18.9. The van der Waals surface area contributed by atoms with Gasteiger partial charge in [0.15, 0.2) is 16.7 Å². The van der Waals surface area contributed by atoms with Crippen LogP contribution in [-0.4, -0.2) is 54.3 Å². The van der Waals surface area contributed by atoms with Crippen molar-refractivity contribution in [2.75, 3.05) is 31.3 Å². The van der Waals surface area contributed by atoms with Crippen LogP contribution >= 0.6 is 11.8 Å². The van der Waals surface area contributed by atoms with Crippen molar-refractivity contribution in [2.24, 2.45) is 0 Å². The summed E-state index contributed by atoms with van der Waals surface area (Å²) in [6.07, 6.45) is 3.02. The maximum atomic E-state index is 13.4. The third-order valence-corrected chi connectivity index (χ3v) is 7.25.